The SMILES string of the molecule is Cc1cnc2ccccc2c1NC1(c2cccc(Oc3ccncc3)c2)C=CC=C(C(N)=O)C1. The van der Waals surface area contributed by atoms with Gasteiger partial charge in [-0.05, 0) is 48.4 Å². The molecule has 34 heavy (non-hydrogen) atoms. The van der Waals surface area contributed by atoms with Crippen molar-refractivity contribution >= 4 is 22.5 Å². The number of carbonyl (C=O) groups excluding carboxylic acids is 1. The molecule has 6 nitrogen and oxygen atoms in total. The van der Waals surface area contributed by atoms with Gasteiger partial charge in [0, 0.05) is 41.7 Å². The number of fused-ring (bicyclic) bond motifs is 1. The van der Waals surface area contributed by atoms with E-state index in [1.165, 1.54) is 0 Å². The second kappa shape index (κ2) is 8.83. The summed E-state index contributed by atoms with van der Waals surface area (Å²) in [6.07, 6.45) is 11.4. The van der Waals surface area contributed by atoms with Crippen molar-refractivity contribution in [3.8, 4) is 11.5 Å². The van der Waals surface area contributed by atoms with Gasteiger partial charge in [0.25, 0.3) is 0 Å². The van der Waals surface area contributed by atoms with Gasteiger partial charge in [-0.15, -0.1) is 0 Å². The molecule has 1 aliphatic rings. The first-order valence-corrected chi connectivity index (χ1v) is 11.0. The highest BCUT2D eigenvalue weighted by Crippen LogP contribution is 2.40. The topological polar surface area (TPSA) is 90.1 Å². The van der Waals surface area contributed by atoms with Crippen LogP contribution in [-0.4, -0.2) is 15.9 Å². The molecule has 0 radical (unpaired) electrons. The third-order valence-electron chi connectivity index (χ3n) is 6.01. The number of nitrogens with zero attached hydrogens (tertiary/aromatic N) is 2. The Morgan fingerprint density at radius 2 is 1.88 bits per heavy atom. The number of nitrogens with one attached hydrogen (secondary N) is 1. The maximum atomic E-state index is 12.2. The van der Waals surface area contributed by atoms with E-state index < -0.39 is 11.4 Å². The Labute approximate surface area is 197 Å². The van der Waals surface area contributed by atoms with Crippen molar-refractivity contribution < 1.29 is 9.53 Å². The fraction of sp³-hybridized carbons (Fsp3) is 0.107. The summed E-state index contributed by atoms with van der Waals surface area (Å²) in [6, 6.07) is 19.5. The zero-order chi connectivity index (χ0) is 23.5. The van der Waals surface area contributed by atoms with E-state index in [9.17, 15) is 4.79 Å². The van der Waals surface area contributed by atoms with E-state index in [1.54, 1.807) is 18.5 Å². The summed E-state index contributed by atoms with van der Waals surface area (Å²) in [7, 11) is 0. The molecule has 0 spiro atoms. The molecule has 1 aliphatic carbocycles. The van der Waals surface area contributed by atoms with E-state index in [2.05, 4.69) is 21.4 Å². The number of ether oxygens (including phenoxy) is 1. The standard InChI is InChI=1S/C28H24N4O2/c1-19-18-31-25-10-3-2-9-24(25)26(19)32-28(13-5-6-20(17-28)27(29)33)21-7-4-8-23(16-21)34-22-11-14-30-15-12-22/h2-16,18H,17H2,1H3,(H2,29,33)(H,31,32). The smallest absolute Gasteiger partial charge is 0.244 e. The molecule has 2 heterocycles. The predicted octanol–water partition coefficient (Wildman–Crippen LogP) is 5.41. The molecule has 168 valence electrons. The number of amides is 1. The van der Waals surface area contributed by atoms with Gasteiger partial charge in [-0.25, -0.2) is 0 Å². The molecule has 4 aromatic rings. The molecule has 2 aromatic heterocycles. The number of aryl methyl sites for hydroxylation is 1. The summed E-state index contributed by atoms with van der Waals surface area (Å²) in [6.45, 7) is 2.02. The Morgan fingerprint density at radius 1 is 1.06 bits per heavy atom. The molecule has 0 saturated heterocycles. The monoisotopic (exact) mass is 448 g/mol. The molecule has 0 bridgehead atoms. The molecule has 6 heteroatoms. The van der Waals surface area contributed by atoms with Crippen LogP contribution in [0.2, 0.25) is 0 Å². The second-order valence-electron chi connectivity index (χ2n) is 8.33. The Kier molecular flexibility index (Phi) is 5.55. The van der Waals surface area contributed by atoms with Crippen molar-refractivity contribution in [2.45, 2.75) is 18.9 Å². The van der Waals surface area contributed by atoms with Gasteiger partial charge >= 0.3 is 0 Å². The summed E-state index contributed by atoms with van der Waals surface area (Å²) in [5.74, 6) is 0.947. The van der Waals surface area contributed by atoms with Crippen LogP contribution in [0.3, 0.4) is 0 Å². The Bertz CT molecular complexity index is 1430. The van der Waals surface area contributed by atoms with Crippen molar-refractivity contribution in [3.63, 3.8) is 0 Å². The molecule has 0 aliphatic heterocycles. The zero-order valence-electron chi connectivity index (χ0n) is 18.7. The highest BCUT2D eigenvalue weighted by atomic mass is 16.5. The number of rotatable bonds is 6. The number of benzene rings is 2. The number of allylic oxidation sites excluding steroid dienone is 2. The fourth-order valence-corrected chi connectivity index (χ4v) is 4.28. The van der Waals surface area contributed by atoms with Crippen LogP contribution < -0.4 is 15.8 Å². The zero-order valence-corrected chi connectivity index (χ0v) is 18.7. The van der Waals surface area contributed by atoms with E-state index in [0.717, 1.165) is 27.7 Å². The molecule has 3 N–H and O–H groups in total. The van der Waals surface area contributed by atoms with Gasteiger partial charge in [-0.3, -0.25) is 14.8 Å². The molecule has 0 saturated carbocycles. The van der Waals surface area contributed by atoms with Crippen LogP contribution in [-0.2, 0) is 10.3 Å². The van der Waals surface area contributed by atoms with E-state index in [0.29, 0.717) is 23.5 Å². The summed E-state index contributed by atoms with van der Waals surface area (Å²) in [4.78, 5) is 20.8. The van der Waals surface area contributed by atoms with Gasteiger partial charge in [0.15, 0.2) is 0 Å². The van der Waals surface area contributed by atoms with Gasteiger partial charge in [0.2, 0.25) is 5.91 Å². The normalized spacial score (nSPS) is 17.3. The predicted molar refractivity (Wildman–Crippen MR) is 134 cm³/mol. The largest absolute Gasteiger partial charge is 0.457 e. The highest BCUT2D eigenvalue weighted by Gasteiger charge is 2.35. The number of para-hydroxylation sites is 1. The van der Waals surface area contributed by atoms with Crippen molar-refractivity contribution in [2.75, 3.05) is 5.32 Å². The van der Waals surface area contributed by atoms with Crippen LogP contribution in [0.25, 0.3) is 10.9 Å². The summed E-state index contributed by atoms with van der Waals surface area (Å²) >= 11 is 0. The first-order chi connectivity index (χ1) is 16.5. The average molecular weight is 449 g/mol. The van der Waals surface area contributed by atoms with Crippen LogP contribution in [0.1, 0.15) is 17.5 Å². The number of hydrogen-bond donors (Lipinski definition) is 2. The molecule has 5 rings (SSSR count). The lowest BCUT2D eigenvalue weighted by Crippen LogP contribution is -2.37. The summed E-state index contributed by atoms with van der Waals surface area (Å²) < 4.78 is 6.07. The molecule has 1 atom stereocenters. The minimum atomic E-state index is -0.717. The molecule has 2 aromatic carbocycles. The molecule has 1 unspecified atom stereocenters. The molecular weight excluding hydrogens is 424 g/mol. The van der Waals surface area contributed by atoms with Gasteiger partial charge in [0.05, 0.1) is 11.1 Å². The van der Waals surface area contributed by atoms with Crippen LogP contribution in [0.5, 0.6) is 11.5 Å². The van der Waals surface area contributed by atoms with E-state index in [1.807, 2.05) is 79.9 Å². The third kappa shape index (κ3) is 4.13. The first kappa shape index (κ1) is 21.4. The van der Waals surface area contributed by atoms with Gasteiger partial charge in [0.1, 0.15) is 11.5 Å². The average Bonchev–Trinajstić information content (AvgIpc) is 2.87. The minimum Gasteiger partial charge on any atom is -0.457 e. The highest BCUT2D eigenvalue weighted by molar-refractivity contribution is 5.95. The number of carbonyl (C=O) groups is 1. The lowest BCUT2D eigenvalue weighted by Gasteiger charge is -2.37. The van der Waals surface area contributed by atoms with E-state index >= 15 is 0 Å². The summed E-state index contributed by atoms with van der Waals surface area (Å²) in [5, 5.41) is 4.77. The lowest BCUT2D eigenvalue weighted by molar-refractivity contribution is -0.114. The molecule has 1 amide bonds. The lowest BCUT2D eigenvalue weighted by atomic mass is 9.79. The number of hydrogen-bond acceptors (Lipinski definition) is 5. The van der Waals surface area contributed by atoms with Crippen LogP contribution >= 0.6 is 0 Å². The van der Waals surface area contributed by atoms with Crippen LogP contribution in [0.4, 0.5) is 5.69 Å². The minimum absolute atomic E-state index is 0.396. The second-order valence-corrected chi connectivity index (χ2v) is 8.33. The van der Waals surface area contributed by atoms with Crippen molar-refractivity contribution in [1.29, 1.82) is 0 Å². The Morgan fingerprint density at radius 3 is 2.71 bits per heavy atom. The summed E-state index contributed by atoms with van der Waals surface area (Å²) in [5.41, 5.74) is 9.34. The molecular formula is C28H24N4O2. The maximum absolute atomic E-state index is 12.2. The quantitative estimate of drug-likeness (QED) is 0.412. The number of anilines is 1. The van der Waals surface area contributed by atoms with Gasteiger partial charge in [-0.2, -0.15) is 0 Å². The number of primary amides is 1. The number of nitrogens with two attached hydrogens (primary N) is 1. The Hall–Kier alpha value is -4.45. The van der Waals surface area contributed by atoms with Gasteiger partial charge in [-0.1, -0.05) is 48.6 Å². The van der Waals surface area contributed by atoms with Crippen molar-refractivity contribution in [1.82, 2.24) is 9.97 Å². The number of pyridine rings is 2. The van der Waals surface area contributed by atoms with Crippen LogP contribution in [0, 0.1) is 6.92 Å². The van der Waals surface area contributed by atoms with Crippen LogP contribution in [0.15, 0.2) is 103 Å². The van der Waals surface area contributed by atoms with Crippen molar-refractivity contribution in [2.24, 2.45) is 5.73 Å². The number of aromatic nitrogens is 2. The molecule has 0 fully saturated rings. The van der Waals surface area contributed by atoms with Crippen molar-refractivity contribution in [3.05, 3.63) is 114 Å². The van der Waals surface area contributed by atoms with E-state index in [-0.39, 0.29) is 0 Å². The van der Waals surface area contributed by atoms with E-state index in [4.69, 9.17) is 10.5 Å². The maximum Gasteiger partial charge on any atom is 0.244 e. The Balaban J connectivity index is 1.61. The first-order valence-electron chi connectivity index (χ1n) is 11.0. The fourth-order valence-electron chi connectivity index (χ4n) is 4.28. The third-order valence-corrected chi connectivity index (χ3v) is 6.01. The van der Waals surface area contributed by atoms with Gasteiger partial charge < -0.3 is 15.8 Å².